The number of hydrogen-bond donors (Lipinski definition) is 2. The molecule has 5 nitrogen and oxygen atoms in total. The fraction of sp³-hybridized carbons (Fsp3) is 0.846. The second-order valence-electron chi connectivity index (χ2n) is 5.86. The van der Waals surface area contributed by atoms with Crippen molar-refractivity contribution in [3.63, 3.8) is 0 Å². The molecule has 1 heterocycles. The van der Waals surface area contributed by atoms with Crippen molar-refractivity contribution in [3.05, 3.63) is 0 Å². The molecule has 2 aliphatic rings. The highest BCUT2D eigenvalue weighted by molar-refractivity contribution is 5.84. The molecule has 2 N–H and O–H groups in total. The van der Waals surface area contributed by atoms with Crippen LogP contribution in [0.1, 0.15) is 32.6 Å². The van der Waals surface area contributed by atoms with Crippen molar-refractivity contribution >= 4 is 11.9 Å². The van der Waals surface area contributed by atoms with Crippen molar-refractivity contribution in [3.8, 4) is 0 Å². The number of amides is 1. The van der Waals surface area contributed by atoms with E-state index in [4.69, 9.17) is 9.84 Å². The Balaban J connectivity index is 1.87. The van der Waals surface area contributed by atoms with E-state index < -0.39 is 11.9 Å². The summed E-state index contributed by atoms with van der Waals surface area (Å²) in [5.74, 6) is -1.81. The number of carboxylic acids is 1. The number of hydrogen-bond acceptors (Lipinski definition) is 3. The Morgan fingerprint density at radius 2 is 1.89 bits per heavy atom. The second-order valence-corrected chi connectivity index (χ2v) is 5.86. The van der Waals surface area contributed by atoms with Crippen LogP contribution >= 0.6 is 0 Å². The Morgan fingerprint density at radius 1 is 1.28 bits per heavy atom. The molecule has 0 bridgehead atoms. The summed E-state index contributed by atoms with van der Waals surface area (Å²) in [4.78, 5) is 23.2. The van der Waals surface area contributed by atoms with Crippen LogP contribution in [0.5, 0.6) is 0 Å². The quantitative estimate of drug-likeness (QED) is 0.786. The van der Waals surface area contributed by atoms with Gasteiger partial charge in [0, 0.05) is 12.0 Å². The maximum atomic E-state index is 12.1. The molecule has 1 saturated heterocycles. The molecule has 2 fully saturated rings. The lowest BCUT2D eigenvalue weighted by molar-refractivity contribution is -0.149. The molecular weight excluding hydrogens is 234 g/mol. The van der Waals surface area contributed by atoms with Gasteiger partial charge in [-0.2, -0.15) is 0 Å². The van der Waals surface area contributed by atoms with Crippen LogP contribution in [-0.4, -0.2) is 36.7 Å². The summed E-state index contributed by atoms with van der Waals surface area (Å²) in [6.07, 6.45) is 3.17. The van der Waals surface area contributed by atoms with Gasteiger partial charge in [0.1, 0.15) is 0 Å². The zero-order valence-corrected chi connectivity index (χ0v) is 10.8. The van der Waals surface area contributed by atoms with Gasteiger partial charge in [0.15, 0.2) is 0 Å². The molecule has 0 radical (unpaired) electrons. The van der Waals surface area contributed by atoms with E-state index in [1.807, 2.05) is 0 Å². The molecule has 0 aromatic rings. The number of carboxylic acid groups (broad SMARTS) is 1. The molecule has 0 spiro atoms. The molecule has 102 valence electrons. The van der Waals surface area contributed by atoms with E-state index in [1.165, 1.54) is 0 Å². The van der Waals surface area contributed by atoms with Crippen LogP contribution in [-0.2, 0) is 14.3 Å². The molecule has 1 amide bonds. The number of carbonyl (C=O) groups excluding carboxylic acids is 1. The number of aliphatic carboxylic acids is 1. The summed E-state index contributed by atoms with van der Waals surface area (Å²) in [5.41, 5.74) is 0.0308. The third-order valence-corrected chi connectivity index (χ3v) is 4.01. The average Bonchev–Trinajstić information content (AvgIpc) is 2.33. The largest absolute Gasteiger partial charge is 0.481 e. The molecule has 1 aliphatic heterocycles. The van der Waals surface area contributed by atoms with Gasteiger partial charge in [-0.25, -0.2) is 0 Å². The highest BCUT2D eigenvalue weighted by atomic mass is 16.5. The zero-order valence-electron chi connectivity index (χ0n) is 10.8. The van der Waals surface area contributed by atoms with Crippen LogP contribution in [0, 0.1) is 17.3 Å². The van der Waals surface area contributed by atoms with E-state index in [-0.39, 0.29) is 17.2 Å². The predicted octanol–water partition coefficient (Wildman–Crippen LogP) is 1.03. The van der Waals surface area contributed by atoms with Crippen LogP contribution in [0.15, 0.2) is 0 Å². The first kappa shape index (κ1) is 13.3. The van der Waals surface area contributed by atoms with Crippen molar-refractivity contribution in [1.29, 1.82) is 0 Å². The van der Waals surface area contributed by atoms with Crippen LogP contribution in [0.2, 0.25) is 0 Å². The molecule has 5 heteroatoms. The summed E-state index contributed by atoms with van der Waals surface area (Å²) >= 11 is 0. The summed E-state index contributed by atoms with van der Waals surface area (Å²) in [6, 6.07) is 0. The SMILES string of the molecule is CC1(CNC(=O)C2CCCCC2C(=O)O)COC1. The first-order valence-corrected chi connectivity index (χ1v) is 6.60. The highest BCUT2D eigenvalue weighted by Gasteiger charge is 2.38. The van der Waals surface area contributed by atoms with Gasteiger partial charge in [-0.05, 0) is 12.8 Å². The highest BCUT2D eigenvalue weighted by Crippen LogP contribution is 2.31. The van der Waals surface area contributed by atoms with Gasteiger partial charge in [0.2, 0.25) is 5.91 Å². The van der Waals surface area contributed by atoms with Crippen molar-refractivity contribution < 1.29 is 19.4 Å². The lowest BCUT2D eigenvalue weighted by Gasteiger charge is -2.38. The molecule has 1 saturated carbocycles. The molecule has 1 aliphatic carbocycles. The predicted molar refractivity (Wildman–Crippen MR) is 65.0 cm³/mol. The van der Waals surface area contributed by atoms with Gasteiger partial charge in [-0.15, -0.1) is 0 Å². The number of ether oxygens (including phenoxy) is 1. The Hall–Kier alpha value is -1.10. The molecule has 2 rings (SSSR count). The summed E-state index contributed by atoms with van der Waals surface area (Å²) in [5, 5.41) is 12.0. The Labute approximate surface area is 107 Å². The molecule has 0 aromatic carbocycles. The molecule has 2 unspecified atom stereocenters. The number of carbonyl (C=O) groups is 2. The molecule has 0 aromatic heterocycles. The third-order valence-electron chi connectivity index (χ3n) is 4.01. The maximum Gasteiger partial charge on any atom is 0.307 e. The van der Waals surface area contributed by atoms with Gasteiger partial charge >= 0.3 is 5.97 Å². The van der Waals surface area contributed by atoms with Crippen molar-refractivity contribution in [2.24, 2.45) is 17.3 Å². The maximum absolute atomic E-state index is 12.1. The fourth-order valence-corrected chi connectivity index (χ4v) is 2.72. The van der Waals surface area contributed by atoms with E-state index in [0.717, 1.165) is 12.8 Å². The average molecular weight is 255 g/mol. The van der Waals surface area contributed by atoms with Gasteiger partial charge < -0.3 is 15.2 Å². The minimum absolute atomic E-state index is 0.0308. The minimum Gasteiger partial charge on any atom is -0.481 e. The summed E-state index contributed by atoms with van der Waals surface area (Å²) in [6.45, 7) is 3.97. The van der Waals surface area contributed by atoms with Gasteiger partial charge in [0.25, 0.3) is 0 Å². The second kappa shape index (κ2) is 5.26. The smallest absolute Gasteiger partial charge is 0.307 e. The van der Waals surface area contributed by atoms with E-state index in [1.54, 1.807) is 0 Å². The van der Waals surface area contributed by atoms with Crippen LogP contribution in [0.3, 0.4) is 0 Å². The first-order valence-electron chi connectivity index (χ1n) is 6.60. The van der Waals surface area contributed by atoms with E-state index >= 15 is 0 Å². The van der Waals surface area contributed by atoms with Gasteiger partial charge in [0.05, 0.1) is 25.0 Å². The lowest BCUT2D eigenvalue weighted by atomic mass is 9.78. The topological polar surface area (TPSA) is 75.6 Å². The Bertz CT molecular complexity index is 338. The third kappa shape index (κ3) is 2.83. The van der Waals surface area contributed by atoms with Gasteiger partial charge in [-0.1, -0.05) is 19.8 Å². The number of rotatable bonds is 4. The van der Waals surface area contributed by atoms with Crippen LogP contribution in [0.4, 0.5) is 0 Å². The van der Waals surface area contributed by atoms with Crippen LogP contribution < -0.4 is 5.32 Å². The zero-order chi connectivity index (χ0) is 13.2. The Morgan fingerprint density at radius 3 is 2.39 bits per heavy atom. The molecule has 2 atom stereocenters. The van der Waals surface area contributed by atoms with Crippen molar-refractivity contribution in [2.45, 2.75) is 32.6 Å². The van der Waals surface area contributed by atoms with Gasteiger partial charge in [-0.3, -0.25) is 9.59 Å². The Kier molecular flexibility index (Phi) is 3.90. The standard InChI is InChI=1S/C13H21NO4/c1-13(7-18-8-13)6-14-11(15)9-4-2-3-5-10(9)12(16)17/h9-10H,2-8H2,1H3,(H,14,15)(H,16,17). The van der Waals surface area contributed by atoms with E-state index in [9.17, 15) is 9.59 Å². The van der Waals surface area contributed by atoms with E-state index in [2.05, 4.69) is 12.2 Å². The monoisotopic (exact) mass is 255 g/mol. The van der Waals surface area contributed by atoms with Crippen LogP contribution in [0.25, 0.3) is 0 Å². The lowest BCUT2D eigenvalue weighted by Crippen LogP contribution is -2.50. The van der Waals surface area contributed by atoms with Crippen molar-refractivity contribution in [1.82, 2.24) is 5.32 Å². The fourth-order valence-electron chi connectivity index (χ4n) is 2.72. The first-order chi connectivity index (χ1) is 8.52. The summed E-state index contributed by atoms with van der Waals surface area (Å²) < 4.78 is 5.13. The minimum atomic E-state index is -0.840. The number of nitrogens with one attached hydrogen (secondary N) is 1. The molecule has 18 heavy (non-hydrogen) atoms. The normalized spacial score (nSPS) is 30.3. The van der Waals surface area contributed by atoms with Crippen molar-refractivity contribution in [2.75, 3.05) is 19.8 Å². The summed E-state index contributed by atoms with van der Waals surface area (Å²) in [7, 11) is 0. The van der Waals surface area contributed by atoms with E-state index in [0.29, 0.717) is 32.6 Å². The molecular formula is C13H21NO4.